The van der Waals surface area contributed by atoms with Crippen molar-refractivity contribution in [3.8, 4) is 0 Å². The van der Waals surface area contributed by atoms with E-state index in [4.69, 9.17) is 18.9 Å². The topological polar surface area (TPSA) is 228 Å². The van der Waals surface area contributed by atoms with Crippen molar-refractivity contribution in [1.29, 1.82) is 0 Å². The fraction of sp³-hybridized carbons (Fsp3) is 0.720. The second kappa shape index (κ2) is 64.5. The minimum atomic E-state index is -1.80. The molecule has 0 spiro atoms. The quantitative estimate of drug-likeness (QED) is 0.0204. The van der Waals surface area contributed by atoms with Gasteiger partial charge in [-0.05, 0) is 103 Å². The molecule has 12 atom stereocenters. The van der Waals surface area contributed by atoms with Gasteiger partial charge in [0.05, 0.1) is 32.0 Å². The van der Waals surface area contributed by atoms with Gasteiger partial charge in [-0.15, -0.1) is 0 Å². The van der Waals surface area contributed by atoms with Crippen LogP contribution in [-0.2, 0) is 23.7 Å². The number of amides is 1. The number of allylic oxidation sites excluding steroid dienone is 21. The summed E-state index contributed by atoms with van der Waals surface area (Å²) in [5.74, 6) is -0.255. The third-order valence-corrected chi connectivity index (χ3v) is 17.8. The molecule has 0 saturated carbocycles. The predicted molar refractivity (Wildman–Crippen MR) is 396 cm³/mol. The average Bonchev–Trinajstić information content (AvgIpc) is 0.806. The molecule has 2 fully saturated rings. The Balaban J connectivity index is 1.64. The lowest BCUT2D eigenvalue weighted by Gasteiger charge is -2.46. The third kappa shape index (κ3) is 47.2. The molecule has 0 radical (unpaired) electrons. The van der Waals surface area contributed by atoms with Crippen LogP contribution in [0.1, 0.15) is 284 Å². The average molecular weight is 1350 g/mol. The molecule has 0 aromatic heterocycles. The first-order valence-corrected chi connectivity index (χ1v) is 38.4. The van der Waals surface area contributed by atoms with Crippen LogP contribution in [-0.4, -0.2) is 140 Å². The van der Waals surface area contributed by atoms with Crippen molar-refractivity contribution in [3.63, 3.8) is 0 Å². The van der Waals surface area contributed by atoms with Crippen LogP contribution in [0.4, 0.5) is 0 Å². The zero-order chi connectivity index (χ0) is 69.4. The number of carbonyl (C=O) groups is 1. The fourth-order valence-electron chi connectivity index (χ4n) is 11.8. The molecule has 0 aromatic rings. The van der Waals surface area contributed by atoms with Crippen LogP contribution < -0.4 is 5.32 Å². The normalized spacial score (nSPS) is 23.0. The van der Waals surface area contributed by atoms with Crippen LogP contribution in [0.2, 0.25) is 0 Å². The van der Waals surface area contributed by atoms with Crippen molar-refractivity contribution in [2.24, 2.45) is 0 Å². The number of rotatable bonds is 62. The van der Waals surface area contributed by atoms with Crippen molar-refractivity contribution >= 4 is 5.91 Å². The Morgan fingerprint density at radius 3 is 1.15 bits per heavy atom. The molecule has 550 valence electrons. The molecular formula is C82H139NO13. The Kier molecular flexibility index (Phi) is 59.3. The lowest BCUT2D eigenvalue weighted by atomic mass is 9.97. The van der Waals surface area contributed by atoms with Gasteiger partial charge in [0, 0.05) is 6.42 Å². The monoisotopic (exact) mass is 1350 g/mol. The van der Waals surface area contributed by atoms with Gasteiger partial charge in [-0.2, -0.15) is 0 Å². The van der Waals surface area contributed by atoms with E-state index in [-0.39, 0.29) is 18.9 Å². The molecular weight excluding hydrogens is 1210 g/mol. The summed E-state index contributed by atoms with van der Waals surface area (Å²) >= 11 is 0. The molecule has 0 bridgehead atoms. The van der Waals surface area contributed by atoms with E-state index in [1.807, 2.05) is 6.08 Å². The van der Waals surface area contributed by atoms with Crippen molar-refractivity contribution in [2.45, 2.75) is 357 Å². The van der Waals surface area contributed by atoms with Gasteiger partial charge in [-0.25, -0.2) is 0 Å². The highest BCUT2D eigenvalue weighted by Gasteiger charge is 2.51. The van der Waals surface area contributed by atoms with Crippen LogP contribution >= 0.6 is 0 Å². The van der Waals surface area contributed by atoms with Gasteiger partial charge in [-0.3, -0.25) is 4.79 Å². The molecule has 12 unspecified atom stereocenters. The molecule has 2 heterocycles. The van der Waals surface area contributed by atoms with E-state index in [1.54, 1.807) is 6.08 Å². The van der Waals surface area contributed by atoms with Crippen molar-refractivity contribution < 1.29 is 64.6 Å². The van der Waals surface area contributed by atoms with E-state index in [9.17, 15) is 45.6 Å². The van der Waals surface area contributed by atoms with E-state index < -0.39 is 86.8 Å². The first-order valence-electron chi connectivity index (χ1n) is 38.4. The highest BCUT2D eigenvalue weighted by molar-refractivity contribution is 5.76. The van der Waals surface area contributed by atoms with Gasteiger partial charge in [-0.1, -0.05) is 308 Å². The summed E-state index contributed by atoms with van der Waals surface area (Å²) in [5.41, 5.74) is 0. The van der Waals surface area contributed by atoms with Gasteiger partial charge >= 0.3 is 0 Å². The number of ether oxygens (including phenoxy) is 4. The molecule has 14 heteroatoms. The van der Waals surface area contributed by atoms with Crippen LogP contribution in [0.5, 0.6) is 0 Å². The summed E-state index contributed by atoms with van der Waals surface area (Å²) in [4.78, 5) is 13.4. The number of aliphatic hydroxyl groups is 8. The van der Waals surface area contributed by atoms with Gasteiger partial charge in [0.2, 0.25) is 5.91 Å². The molecule has 9 N–H and O–H groups in total. The van der Waals surface area contributed by atoms with E-state index in [0.29, 0.717) is 12.8 Å². The van der Waals surface area contributed by atoms with Crippen molar-refractivity contribution in [2.75, 3.05) is 19.8 Å². The Bertz CT molecular complexity index is 2130. The minimum Gasteiger partial charge on any atom is -0.394 e. The summed E-state index contributed by atoms with van der Waals surface area (Å²) in [5, 5.41) is 87.5. The summed E-state index contributed by atoms with van der Waals surface area (Å²) in [7, 11) is 0. The van der Waals surface area contributed by atoms with E-state index in [1.165, 1.54) is 154 Å². The Morgan fingerprint density at radius 1 is 0.385 bits per heavy atom. The standard InChI is InChI=1S/C82H139NO13/c1-3-5-7-9-11-13-15-17-19-21-23-25-27-28-29-30-31-32-33-34-35-36-37-38-39-40-41-42-44-46-48-50-52-54-56-58-60-62-64-66-74(87)83-70(69-93-81-79(92)77(90)80(73(68-85)95-81)96-82-78(91)76(89)75(88)72(67-84)94-82)71(86)65-63-61-59-57-55-53-51-49-47-45-43-26-24-22-20-18-16-14-12-10-8-6-4-2/h5,7,11,13,17,19,23,25,28-29,31-32,34-35,37-38,40-41,55,57,63,65,70-73,75-82,84-86,88-92H,3-4,6,8-10,12,14-16,18,20-22,24,26-27,30,33,36,39,42-54,56,58-62,64,66-69H2,1-2H3,(H,83,87)/b7-5-,13-11-,19-17-,25-23-,29-28-,32-31-,35-34-,38-37-,41-40-,57-55+,65-63+. The first-order chi connectivity index (χ1) is 47.1. The summed E-state index contributed by atoms with van der Waals surface area (Å²) in [6.07, 6.45) is 79.4. The number of nitrogens with one attached hydrogen (secondary N) is 1. The largest absolute Gasteiger partial charge is 0.394 e. The second-order valence-corrected chi connectivity index (χ2v) is 26.4. The Morgan fingerprint density at radius 2 is 0.729 bits per heavy atom. The van der Waals surface area contributed by atoms with Gasteiger partial charge in [0.1, 0.15) is 48.8 Å². The maximum Gasteiger partial charge on any atom is 0.220 e. The SMILES string of the molecule is CC/C=C\C/C=C\C/C=C\C/C=C\C/C=C\C/C=C\C/C=C\C/C=C\C/C=C\CCCCCCCCCCCCCC(=O)NC(COC1OC(CO)C(OC2OC(CO)C(O)C(O)C2O)C(O)C1O)C(O)/C=C/CC/C=C/CCCCCCCCCCCCCCCCCCC. The lowest BCUT2D eigenvalue weighted by Crippen LogP contribution is -2.65. The second-order valence-electron chi connectivity index (χ2n) is 26.4. The molecule has 1 amide bonds. The van der Waals surface area contributed by atoms with Gasteiger partial charge in [0.15, 0.2) is 12.6 Å². The maximum atomic E-state index is 13.4. The molecule has 0 aliphatic carbocycles. The van der Waals surface area contributed by atoms with Gasteiger partial charge in [0.25, 0.3) is 0 Å². The van der Waals surface area contributed by atoms with Crippen molar-refractivity contribution in [1.82, 2.24) is 5.32 Å². The van der Waals surface area contributed by atoms with Gasteiger partial charge < -0.3 is 65.1 Å². The summed E-state index contributed by atoms with van der Waals surface area (Å²) in [6, 6.07) is -0.943. The summed E-state index contributed by atoms with van der Waals surface area (Å²) in [6.45, 7) is 2.68. The van der Waals surface area contributed by atoms with Crippen LogP contribution in [0.15, 0.2) is 134 Å². The third-order valence-electron chi connectivity index (χ3n) is 17.8. The number of unbranched alkanes of at least 4 members (excludes halogenated alkanes) is 29. The molecule has 2 aliphatic heterocycles. The zero-order valence-corrected chi connectivity index (χ0v) is 60.1. The number of hydrogen-bond acceptors (Lipinski definition) is 13. The molecule has 96 heavy (non-hydrogen) atoms. The molecule has 14 nitrogen and oxygen atoms in total. The fourth-order valence-corrected chi connectivity index (χ4v) is 11.8. The van der Waals surface area contributed by atoms with E-state index >= 15 is 0 Å². The number of carbonyl (C=O) groups excluding carboxylic acids is 1. The predicted octanol–water partition coefficient (Wildman–Crippen LogP) is 17.0. The molecule has 2 rings (SSSR count). The molecule has 2 saturated heterocycles. The number of hydrogen-bond donors (Lipinski definition) is 9. The smallest absolute Gasteiger partial charge is 0.220 e. The van der Waals surface area contributed by atoms with Crippen LogP contribution in [0, 0.1) is 0 Å². The highest BCUT2D eigenvalue weighted by atomic mass is 16.7. The minimum absolute atomic E-state index is 0.255. The number of aliphatic hydroxyl groups excluding tert-OH is 8. The van der Waals surface area contributed by atoms with Crippen molar-refractivity contribution in [3.05, 3.63) is 134 Å². The first kappa shape index (κ1) is 88.2. The lowest BCUT2D eigenvalue weighted by molar-refractivity contribution is -0.359. The molecule has 2 aliphatic rings. The zero-order valence-electron chi connectivity index (χ0n) is 60.1. The molecule has 0 aromatic carbocycles. The van der Waals surface area contributed by atoms with Crippen LogP contribution in [0.25, 0.3) is 0 Å². The highest BCUT2D eigenvalue weighted by Crippen LogP contribution is 2.30. The maximum absolute atomic E-state index is 13.4. The Labute approximate surface area is 583 Å². The Hall–Kier alpha value is -3.87. The van der Waals surface area contributed by atoms with Crippen LogP contribution in [0.3, 0.4) is 0 Å². The summed E-state index contributed by atoms with van der Waals surface area (Å²) < 4.78 is 22.9. The van der Waals surface area contributed by atoms with E-state index in [2.05, 4.69) is 141 Å². The van der Waals surface area contributed by atoms with E-state index in [0.717, 1.165) is 96.3 Å².